The molecular formula is C23H21ClN6O. The van der Waals surface area contributed by atoms with Crippen molar-refractivity contribution in [2.45, 2.75) is 20.4 Å². The van der Waals surface area contributed by atoms with E-state index in [1.165, 1.54) is 0 Å². The van der Waals surface area contributed by atoms with Gasteiger partial charge in [-0.05, 0) is 26.0 Å². The van der Waals surface area contributed by atoms with Crippen LogP contribution in [-0.2, 0) is 6.54 Å². The molecule has 4 aromatic rings. The minimum absolute atomic E-state index is 0.243. The van der Waals surface area contributed by atoms with Crippen LogP contribution in [0.1, 0.15) is 22.4 Å². The third-order valence-corrected chi connectivity index (χ3v) is 5.23. The molecule has 0 bridgehead atoms. The van der Waals surface area contributed by atoms with E-state index in [9.17, 15) is 0 Å². The van der Waals surface area contributed by atoms with Crippen LogP contribution in [0.25, 0.3) is 22.6 Å². The number of pyridine rings is 2. The minimum Gasteiger partial charge on any atom is -0.496 e. The second-order valence-electron chi connectivity index (χ2n) is 6.97. The van der Waals surface area contributed by atoms with Crippen LogP contribution in [0.3, 0.4) is 0 Å². The quantitative estimate of drug-likeness (QED) is 0.392. The van der Waals surface area contributed by atoms with Crippen molar-refractivity contribution < 1.29 is 4.74 Å². The summed E-state index contributed by atoms with van der Waals surface area (Å²) in [6, 6.07) is 5.56. The Morgan fingerprint density at radius 3 is 2.74 bits per heavy atom. The summed E-state index contributed by atoms with van der Waals surface area (Å²) in [7, 11) is 1.66. The number of aryl methyl sites for hydroxylation is 1. The average molecular weight is 433 g/mol. The number of nitrogens with zero attached hydrogens (tertiary/aromatic N) is 5. The second kappa shape index (κ2) is 8.72. The molecule has 0 aliphatic carbocycles. The van der Waals surface area contributed by atoms with Crippen molar-refractivity contribution in [3.63, 3.8) is 0 Å². The van der Waals surface area contributed by atoms with E-state index in [2.05, 4.69) is 26.8 Å². The third kappa shape index (κ3) is 3.96. The fourth-order valence-corrected chi connectivity index (χ4v) is 3.77. The van der Waals surface area contributed by atoms with Gasteiger partial charge in [-0.15, -0.1) is 0 Å². The minimum atomic E-state index is 0.243. The molecule has 0 radical (unpaired) electrons. The molecule has 0 fully saturated rings. The standard InChI is InChI=1S/C23H21ClN6O/c1-14-11-27-18(15(2)20(14)31-3)13-30-12-16(7-6-9-25)19-21(24)28-22(29-23(19)30)17-8-4-5-10-26-17/h4-5,8,10-12H,9,13,25H2,1-3H3. The van der Waals surface area contributed by atoms with Crippen LogP contribution in [0.15, 0.2) is 36.8 Å². The Kier molecular flexibility index (Phi) is 5.85. The predicted octanol–water partition coefficient (Wildman–Crippen LogP) is 3.53. The molecule has 0 aliphatic heterocycles. The molecule has 7 nitrogen and oxygen atoms in total. The summed E-state index contributed by atoms with van der Waals surface area (Å²) in [5, 5.41) is 0.996. The molecule has 31 heavy (non-hydrogen) atoms. The zero-order valence-corrected chi connectivity index (χ0v) is 18.2. The maximum atomic E-state index is 6.59. The number of fused-ring (bicyclic) bond motifs is 1. The van der Waals surface area contributed by atoms with Gasteiger partial charge in [0.1, 0.15) is 22.2 Å². The molecule has 0 aromatic carbocycles. The molecule has 4 rings (SSSR count). The Hall–Kier alpha value is -3.47. The summed E-state index contributed by atoms with van der Waals surface area (Å²) < 4.78 is 7.53. The van der Waals surface area contributed by atoms with E-state index in [-0.39, 0.29) is 6.54 Å². The van der Waals surface area contributed by atoms with E-state index in [1.54, 1.807) is 13.3 Å². The predicted molar refractivity (Wildman–Crippen MR) is 121 cm³/mol. The van der Waals surface area contributed by atoms with Crippen LogP contribution in [-0.4, -0.2) is 38.2 Å². The Bertz CT molecular complexity index is 1320. The Morgan fingerprint density at radius 1 is 1.19 bits per heavy atom. The first-order chi connectivity index (χ1) is 15.0. The molecule has 0 saturated heterocycles. The second-order valence-corrected chi connectivity index (χ2v) is 7.33. The molecule has 0 aliphatic rings. The largest absolute Gasteiger partial charge is 0.496 e. The maximum Gasteiger partial charge on any atom is 0.181 e. The Labute approximate surface area is 185 Å². The van der Waals surface area contributed by atoms with Crippen LogP contribution in [0.5, 0.6) is 5.75 Å². The molecule has 0 atom stereocenters. The summed E-state index contributed by atoms with van der Waals surface area (Å²) in [6.45, 7) is 4.68. The van der Waals surface area contributed by atoms with Crippen molar-refractivity contribution in [2.24, 2.45) is 5.73 Å². The van der Waals surface area contributed by atoms with Crippen LogP contribution in [0, 0.1) is 25.7 Å². The fraction of sp³-hybridized carbons (Fsp3) is 0.217. The van der Waals surface area contributed by atoms with Crippen molar-refractivity contribution in [1.29, 1.82) is 0 Å². The highest BCUT2D eigenvalue weighted by atomic mass is 35.5. The Morgan fingerprint density at radius 2 is 2.03 bits per heavy atom. The molecular weight excluding hydrogens is 412 g/mol. The zero-order valence-electron chi connectivity index (χ0n) is 17.5. The van der Waals surface area contributed by atoms with Gasteiger partial charge in [0.15, 0.2) is 5.82 Å². The first-order valence-corrected chi connectivity index (χ1v) is 10.1. The van der Waals surface area contributed by atoms with Crippen molar-refractivity contribution in [3.05, 3.63) is 64.3 Å². The molecule has 4 aromatic heterocycles. The summed E-state index contributed by atoms with van der Waals surface area (Å²) >= 11 is 6.59. The fourth-order valence-electron chi connectivity index (χ4n) is 3.51. The van der Waals surface area contributed by atoms with Crippen LogP contribution in [0.2, 0.25) is 5.15 Å². The monoisotopic (exact) mass is 432 g/mol. The maximum absolute atomic E-state index is 6.59. The number of hydrogen-bond acceptors (Lipinski definition) is 6. The molecule has 2 N–H and O–H groups in total. The van der Waals surface area contributed by atoms with E-state index in [4.69, 9.17) is 27.1 Å². The summed E-state index contributed by atoms with van der Waals surface area (Å²) in [5.41, 5.74) is 10.4. The van der Waals surface area contributed by atoms with Gasteiger partial charge in [0, 0.05) is 29.7 Å². The lowest BCUT2D eigenvalue weighted by atomic mass is 10.1. The highest BCUT2D eigenvalue weighted by molar-refractivity contribution is 6.34. The Balaban J connectivity index is 1.91. The average Bonchev–Trinajstić information content (AvgIpc) is 3.13. The molecule has 0 spiro atoms. The summed E-state index contributed by atoms with van der Waals surface area (Å²) in [4.78, 5) is 18.2. The molecule has 156 valence electrons. The first kappa shape index (κ1) is 20.8. The summed E-state index contributed by atoms with van der Waals surface area (Å²) in [6.07, 6.45) is 5.41. The zero-order chi connectivity index (χ0) is 22.0. The third-order valence-electron chi connectivity index (χ3n) is 4.96. The van der Waals surface area contributed by atoms with E-state index in [0.29, 0.717) is 34.2 Å². The lowest BCUT2D eigenvalue weighted by molar-refractivity contribution is 0.406. The number of nitrogens with two attached hydrogens (primary N) is 1. The van der Waals surface area contributed by atoms with E-state index in [1.807, 2.05) is 49.0 Å². The number of aromatic nitrogens is 5. The van der Waals surface area contributed by atoms with Gasteiger partial charge in [0.2, 0.25) is 0 Å². The number of hydrogen-bond donors (Lipinski definition) is 1. The van der Waals surface area contributed by atoms with Crippen molar-refractivity contribution in [2.75, 3.05) is 13.7 Å². The number of rotatable bonds is 4. The van der Waals surface area contributed by atoms with Gasteiger partial charge in [0.25, 0.3) is 0 Å². The van der Waals surface area contributed by atoms with Gasteiger partial charge in [-0.1, -0.05) is 29.5 Å². The smallest absolute Gasteiger partial charge is 0.181 e. The van der Waals surface area contributed by atoms with Gasteiger partial charge in [-0.25, -0.2) is 9.97 Å². The van der Waals surface area contributed by atoms with Gasteiger partial charge >= 0.3 is 0 Å². The van der Waals surface area contributed by atoms with Crippen LogP contribution in [0.4, 0.5) is 0 Å². The molecule has 0 amide bonds. The topological polar surface area (TPSA) is 91.7 Å². The number of halogens is 1. The molecule has 0 unspecified atom stereocenters. The highest BCUT2D eigenvalue weighted by Gasteiger charge is 2.18. The lowest BCUT2D eigenvalue weighted by Crippen LogP contribution is -2.06. The van der Waals surface area contributed by atoms with E-state index < -0.39 is 0 Å². The van der Waals surface area contributed by atoms with Crippen LogP contribution >= 0.6 is 11.6 Å². The molecule has 4 heterocycles. The van der Waals surface area contributed by atoms with Gasteiger partial charge in [-0.3, -0.25) is 9.97 Å². The van der Waals surface area contributed by atoms with Crippen LogP contribution < -0.4 is 10.5 Å². The van der Waals surface area contributed by atoms with Crippen molar-refractivity contribution >= 4 is 22.6 Å². The van der Waals surface area contributed by atoms with Crippen molar-refractivity contribution in [1.82, 2.24) is 24.5 Å². The molecule has 0 saturated carbocycles. The van der Waals surface area contributed by atoms with E-state index >= 15 is 0 Å². The van der Waals surface area contributed by atoms with Gasteiger partial charge < -0.3 is 15.0 Å². The number of ether oxygens (including phenoxy) is 1. The summed E-state index contributed by atoms with van der Waals surface area (Å²) in [5.74, 6) is 7.24. The van der Waals surface area contributed by atoms with E-state index in [0.717, 1.165) is 28.1 Å². The van der Waals surface area contributed by atoms with Gasteiger partial charge in [-0.2, -0.15) is 0 Å². The normalized spacial score (nSPS) is 10.7. The SMILES string of the molecule is COc1c(C)cnc(Cn2cc(C#CCN)c3c(Cl)nc(-c4ccccn4)nc32)c1C. The lowest BCUT2D eigenvalue weighted by Gasteiger charge is -2.13. The molecule has 8 heteroatoms. The number of methoxy groups -OCH3 is 1. The van der Waals surface area contributed by atoms with Gasteiger partial charge in [0.05, 0.1) is 36.8 Å². The van der Waals surface area contributed by atoms with Crippen molar-refractivity contribution in [3.8, 4) is 29.1 Å². The highest BCUT2D eigenvalue weighted by Crippen LogP contribution is 2.30. The first-order valence-electron chi connectivity index (χ1n) is 9.69.